The zero-order valence-corrected chi connectivity index (χ0v) is 10.1. The molecule has 2 N–H and O–H groups in total. The molecule has 15 heavy (non-hydrogen) atoms. The Balaban J connectivity index is 1.68. The van der Waals surface area contributed by atoms with E-state index in [-0.39, 0.29) is 0 Å². The Hall–Kier alpha value is -0.190. The molecule has 2 rings (SSSR count). The molecule has 0 spiro atoms. The minimum Gasteiger partial charge on any atom is -0.393 e. The predicted octanol–water partition coefficient (Wildman–Crippen LogP) is 0.833. The molecule has 0 aromatic rings. The van der Waals surface area contributed by atoms with Crippen LogP contribution < -0.4 is 5.73 Å². The lowest BCUT2D eigenvalue weighted by Gasteiger charge is -2.37. The predicted molar refractivity (Wildman–Crippen MR) is 67.1 cm³/mol. The van der Waals surface area contributed by atoms with Crippen molar-refractivity contribution in [3.63, 3.8) is 0 Å². The maximum Gasteiger partial charge on any atom is 0.0727 e. The highest BCUT2D eigenvalue weighted by atomic mass is 32.1. The van der Waals surface area contributed by atoms with Crippen LogP contribution in [0.15, 0.2) is 0 Å². The summed E-state index contributed by atoms with van der Waals surface area (Å²) in [5.74, 6) is 0. The van der Waals surface area contributed by atoms with Crippen molar-refractivity contribution in [3.8, 4) is 0 Å². The van der Waals surface area contributed by atoms with Crippen LogP contribution in [0.1, 0.15) is 25.7 Å². The van der Waals surface area contributed by atoms with Gasteiger partial charge < -0.3 is 10.6 Å². The monoisotopic (exact) mass is 227 g/mol. The summed E-state index contributed by atoms with van der Waals surface area (Å²) >= 11 is 4.89. The van der Waals surface area contributed by atoms with Crippen molar-refractivity contribution in [2.45, 2.75) is 31.7 Å². The molecule has 2 aliphatic heterocycles. The largest absolute Gasteiger partial charge is 0.393 e. The first-order valence-corrected chi connectivity index (χ1v) is 6.41. The van der Waals surface area contributed by atoms with Crippen LogP contribution in [0.2, 0.25) is 0 Å². The smallest absolute Gasteiger partial charge is 0.0727 e. The summed E-state index contributed by atoms with van der Waals surface area (Å²) in [6.45, 7) is 6.25. The number of rotatable bonds is 4. The quantitative estimate of drug-likeness (QED) is 0.721. The van der Waals surface area contributed by atoms with Gasteiger partial charge in [-0.3, -0.25) is 4.90 Å². The Morgan fingerprint density at radius 3 is 3.00 bits per heavy atom. The fourth-order valence-electron chi connectivity index (χ4n) is 2.74. The molecule has 0 saturated carbocycles. The van der Waals surface area contributed by atoms with E-state index < -0.39 is 0 Å². The minimum atomic E-state index is 0.662. The maximum atomic E-state index is 5.50. The molecule has 2 aliphatic rings. The topological polar surface area (TPSA) is 32.5 Å². The van der Waals surface area contributed by atoms with E-state index in [1.54, 1.807) is 0 Å². The van der Waals surface area contributed by atoms with Crippen molar-refractivity contribution in [2.75, 3.05) is 32.7 Å². The molecule has 0 aromatic heterocycles. The van der Waals surface area contributed by atoms with Gasteiger partial charge in [-0.05, 0) is 38.8 Å². The van der Waals surface area contributed by atoms with Gasteiger partial charge in [0.1, 0.15) is 0 Å². The van der Waals surface area contributed by atoms with Crippen LogP contribution in [-0.4, -0.2) is 53.6 Å². The number of hydrogen-bond donors (Lipinski definition) is 1. The Kier molecular flexibility index (Phi) is 3.94. The van der Waals surface area contributed by atoms with Crippen LogP contribution >= 0.6 is 12.2 Å². The molecule has 3 nitrogen and oxygen atoms in total. The van der Waals surface area contributed by atoms with Gasteiger partial charge in [-0.15, -0.1) is 0 Å². The second kappa shape index (κ2) is 5.23. The highest BCUT2D eigenvalue weighted by Crippen LogP contribution is 2.21. The Bertz CT molecular complexity index is 232. The normalized spacial score (nSPS) is 27.9. The van der Waals surface area contributed by atoms with Gasteiger partial charge in [0.15, 0.2) is 0 Å². The van der Waals surface area contributed by atoms with Crippen LogP contribution in [0.5, 0.6) is 0 Å². The standard InChI is InChI=1S/C11H21N3S/c12-11(15)4-2-5-13-7-8-14-6-1-3-10(14)9-13/h10H,1-9H2,(H2,12,15). The van der Waals surface area contributed by atoms with Gasteiger partial charge in [-0.1, -0.05) is 12.2 Å². The molecule has 0 radical (unpaired) electrons. The second-order valence-electron chi connectivity index (χ2n) is 4.70. The average molecular weight is 227 g/mol. The van der Waals surface area contributed by atoms with Crippen molar-refractivity contribution in [1.29, 1.82) is 0 Å². The van der Waals surface area contributed by atoms with Gasteiger partial charge in [0.2, 0.25) is 0 Å². The van der Waals surface area contributed by atoms with Gasteiger partial charge >= 0.3 is 0 Å². The molecule has 0 amide bonds. The van der Waals surface area contributed by atoms with E-state index in [1.165, 1.54) is 45.6 Å². The van der Waals surface area contributed by atoms with E-state index in [2.05, 4.69) is 9.80 Å². The fourth-order valence-corrected chi connectivity index (χ4v) is 2.88. The van der Waals surface area contributed by atoms with Crippen molar-refractivity contribution < 1.29 is 0 Å². The van der Waals surface area contributed by atoms with Gasteiger partial charge in [-0.25, -0.2) is 0 Å². The first-order valence-electron chi connectivity index (χ1n) is 6.00. The van der Waals surface area contributed by atoms with Gasteiger partial charge in [0.25, 0.3) is 0 Å². The number of hydrogen-bond acceptors (Lipinski definition) is 3. The Morgan fingerprint density at radius 2 is 2.20 bits per heavy atom. The second-order valence-corrected chi connectivity index (χ2v) is 5.23. The summed E-state index contributed by atoms with van der Waals surface area (Å²) < 4.78 is 0. The highest BCUT2D eigenvalue weighted by molar-refractivity contribution is 7.80. The van der Waals surface area contributed by atoms with Gasteiger partial charge in [-0.2, -0.15) is 0 Å². The molecule has 0 aliphatic carbocycles. The number of nitrogens with two attached hydrogens (primary N) is 1. The number of piperazine rings is 1. The molecule has 1 unspecified atom stereocenters. The molecular weight excluding hydrogens is 206 g/mol. The zero-order chi connectivity index (χ0) is 10.7. The lowest BCUT2D eigenvalue weighted by atomic mass is 10.1. The third kappa shape index (κ3) is 3.13. The SMILES string of the molecule is NC(=S)CCCN1CCN2CCCC2C1. The molecule has 2 fully saturated rings. The summed E-state index contributed by atoms with van der Waals surface area (Å²) in [5, 5.41) is 0. The first kappa shape index (κ1) is 11.3. The zero-order valence-electron chi connectivity index (χ0n) is 9.32. The van der Waals surface area contributed by atoms with Crippen LogP contribution in [-0.2, 0) is 0 Å². The number of fused-ring (bicyclic) bond motifs is 1. The number of nitrogens with zero attached hydrogens (tertiary/aromatic N) is 2. The van der Waals surface area contributed by atoms with Crippen LogP contribution in [0, 0.1) is 0 Å². The van der Waals surface area contributed by atoms with E-state index >= 15 is 0 Å². The summed E-state index contributed by atoms with van der Waals surface area (Å²) in [5.41, 5.74) is 5.50. The lowest BCUT2D eigenvalue weighted by Crippen LogP contribution is -2.50. The van der Waals surface area contributed by atoms with Crippen LogP contribution in [0.4, 0.5) is 0 Å². The Morgan fingerprint density at radius 1 is 1.33 bits per heavy atom. The summed E-state index contributed by atoms with van der Waals surface area (Å²) in [6, 6.07) is 0.837. The van der Waals surface area contributed by atoms with E-state index in [1.807, 2.05) is 0 Å². The lowest BCUT2D eigenvalue weighted by molar-refractivity contribution is 0.104. The molecule has 0 bridgehead atoms. The molecule has 2 heterocycles. The third-order valence-corrected chi connectivity index (χ3v) is 3.77. The number of thiocarbonyl (C=S) groups is 1. The maximum absolute atomic E-state index is 5.50. The summed E-state index contributed by atoms with van der Waals surface area (Å²) in [6.07, 6.45) is 4.82. The van der Waals surface area contributed by atoms with Gasteiger partial charge in [0.05, 0.1) is 4.99 Å². The molecule has 0 aromatic carbocycles. The third-order valence-electron chi connectivity index (χ3n) is 3.57. The van der Waals surface area contributed by atoms with Crippen LogP contribution in [0.25, 0.3) is 0 Å². The molecule has 86 valence electrons. The van der Waals surface area contributed by atoms with E-state index in [4.69, 9.17) is 18.0 Å². The van der Waals surface area contributed by atoms with Crippen molar-refractivity contribution in [2.24, 2.45) is 5.73 Å². The molecule has 2 saturated heterocycles. The Labute approximate surface area is 97.6 Å². The average Bonchev–Trinajstić information content (AvgIpc) is 2.64. The molecular formula is C11H21N3S. The van der Waals surface area contributed by atoms with E-state index in [0.717, 1.165) is 18.9 Å². The van der Waals surface area contributed by atoms with E-state index in [9.17, 15) is 0 Å². The summed E-state index contributed by atoms with van der Waals surface area (Å²) in [7, 11) is 0. The summed E-state index contributed by atoms with van der Waals surface area (Å²) in [4.78, 5) is 5.88. The van der Waals surface area contributed by atoms with Crippen molar-refractivity contribution in [1.82, 2.24) is 9.80 Å². The first-order chi connectivity index (χ1) is 7.25. The highest BCUT2D eigenvalue weighted by Gasteiger charge is 2.29. The van der Waals surface area contributed by atoms with Gasteiger partial charge in [0, 0.05) is 25.7 Å². The molecule has 4 heteroatoms. The minimum absolute atomic E-state index is 0.662. The molecule has 1 atom stereocenters. The van der Waals surface area contributed by atoms with Crippen molar-refractivity contribution >= 4 is 17.2 Å². The van der Waals surface area contributed by atoms with E-state index in [0.29, 0.717) is 4.99 Å². The van der Waals surface area contributed by atoms with Crippen LogP contribution in [0.3, 0.4) is 0 Å². The van der Waals surface area contributed by atoms with Crippen molar-refractivity contribution in [3.05, 3.63) is 0 Å². The fraction of sp³-hybridized carbons (Fsp3) is 0.909.